The fourth-order valence-corrected chi connectivity index (χ4v) is 2.03. The van der Waals surface area contributed by atoms with E-state index in [-0.39, 0.29) is 0 Å². The number of rotatable bonds is 2. The zero-order valence-corrected chi connectivity index (χ0v) is 7.92. The van der Waals surface area contributed by atoms with Crippen LogP contribution in [0, 0.1) is 11.8 Å². The molecule has 0 amide bonds. The van der Waals surface area contributed by atoms with Crippen LogP contribution in [0.3, 0.4) is 0 Å². The molecule has 0 aromatic rings. The molecular weight excluding hydrogens is 141 g/mol. The minimum atomic E-state index is 0.952. The Labute approximate surface area is 66.2 Å². The van der Waals surface area contributed by atoms with E-state index in [1.54, 1.807) is 0 Å². The molecule has 0 heterocycles. The summed E-state index contributed by atoms with van der Waals surface area (Å²) in [7, 11) is 2.59. The van der Waals surface area contributed by atoms with Crippen LogP contribution in [0.15, 0.2) is 0 Å². The van der Waals surface area contributed by atoms with Gasteiger partial charge in [0.15, 0.2) is 0 Å². The lowest BCUT2D eigenvalue weighted by Crippen LogP contribution is -2.20. The zero-order valence-electron chi connectivity index (χ0n) is 6.77. The maximum absolute atomic E-state index is 3.17. The molecule has 1 aliphatic rings. The third-order valence-corrected chi connectivity index (χ3v) is 2.78. The highest BCUT2D eigenvalue weighted by Gasteiger charge is 2.16. The minimum Gasteiger partial charge on any atom is -0.300 e. The summed E-state index contributed by atoms with van der Waals surface area (Å²) < 4.78 is 0. The van der Waals surface area contributed by atoms with Crippen LogP contribution in [0.2, 0.25) is 0 Å². The number of nitrogens with one attached hydrogen (secondary N) is 1. The lowest BCUT2D eigenvalue weighted by atomic mass is 9.83. The lowest BCUT2D eigenvalue weighted by Gasteiger charge is -2.25. The standard InChI is InChI=1S/C8H18NP/c1-7-2-4-8(5-3-7)6-9-10/h7-9H,2-6,10H2,1H3. The quantitative estimate of drug-likeness (QED) is 0.609. The van der Waals surface area contributed by atoms with Gasteiger partial charge < -0.3 is 5.09 Å². The lowest BCUT2D eigenvalue weighted by molar-refractivity contribution is 0.292. The van der Waals surface area contributed by atoms with Crippen LogP contribution in [-0.2, 0) is 0 Å². The maximum Gasteiger partial charge on any atom is 0.00140 e. The molecule has 1 fully saturated rings. The Kier molecular flexibility index (Phi) is 3.65. The van der Waals surface area contributed by atoms with E-state index >= 15 is 0 Å². The average Bonchev–Trinajstić information content (AvgIpc) is 1.95. The predicted octanol–water partition coefficient (Wildman–Crippen LogP) is 2.19. The van der Waals surface area contributed by atoms with Gasteiger partial charge in [0.1, 0.15) is 0 Å². The van der Waals surface area contributed by atoms with Crippen LogP contribution >= 0.6 is 9.39 Å². The molecule has 0 radical (unpaired) electrons. The topological polar surface area (TPSA) is 12.0 Å². The van der Waals surface area contributed by atoms with Crippen LogP contribution in [0.25, 0.3) is 0 Å². The van der Waals surface area contributed by atoms with Crippen molar-refractivity contribution in [2.45, 2.75) is 32.6 Å². The van der Waals surface area contributed by atoms with Crippen molar-refractivity contribution >= 4 is 9.39 Å². The average molecular weight is 159 g/mol. The van der Waals surface area contributed by atoms with Crippen molar-refractivity contribution in [3.8, 4) is 0 Å². The van der Waals surface area contributed by atoms with Crippen molar-refractivity contribution in [2.24, 2.45) is 11.8 Å². The molecule has 2 heteroatoms. The van der Waals surface area contributed by atoms with Gasteiger partial charge >= 0.3 is 0 Å². The Morgan fingerprint density at radius 1 is 1.30 bits per heavy atom. The first-order valence-electron chi connectivity index (χ1n) is 4.26. The predicted molar refractivity (Wildman–Crippen MR) is 48.8 cm³/mol. The molecule has 0 aromatic carbocycles. The van der Waals surface area contributed by atoms with Crippen molar-refractivity contribution < 1.29 is 0 Å². The van der Waals surface area contributed by atoms with E-state index in [0.29, 0.717) is 0 Å². The van der Waals surface area contributed by atoms with E-state index in [2.05, 4.69) is 21.4 Å². The van der Waals surface area contributed by atoms with Crippen LogP contribution in [-0.4, -0.2) is 6.54 Å². The zero-order chi connectivity index (χ0) is 7.40. The molecule has 10 heavy (non-hydrogen) atoms. The van der Waals surface area contributed by atoms with Gasteiger partial charge in [-0.05, 0) is 24.7 Å². The van der Waals surface area contributed by atoms with Crippen molar-refractivity contribution in [3.63, 3.8) is 0 Å². The van der Waals surface area contributed by atoms with Crippen LogP contribution in [0.4, 0.5) is 0 Å². The van der Waals surface area contributed by atoms with E-state index in [9.17, 15) is 0 Å². The third-order valence-electron chi connectivity index (χ3n) is 2.54. The van der Waals surface area contributed by atoms with E-state index in [0.717, 1.165) is 11.8 Å². The monoisotopic (exact) mass is 159 g/mol. The molecule has 1 N–H and O–H groups in total. The first-order valence-corrected chi connectivity index (χ1v) is 4.84. The van der Waals surface area contributed by atoms with Gasteiger partial charge in [0, 0.05) is 6.54 Å². The van der Waals surface area contributed by atoms with Gasteiger partial charge in [-0.15, -0.1) is 0 Å². The number of hydrogen-bond acceptors (Lipinski definition) is 1. The van der Waals surface area contributed by atoms with E-state index in [1.807, 2.05) is 0 Å². The molecule has 60 valence electrons. The summed E-state index contributed by atoms with van der Waals surface area (Å²) in [5.41, 5.74) is 0. The Morgan fingerprint density at radius 3 is 2.40 bits per heavy atom. The van der Waals surface area contributed by atoms with Gasteiger partial charge in [-0.1, -0.05) is 29.2 Å². The Morgan fingerprint density at radius 2 is 1.90 bits per heavy atom. The van der Waals surface area contributed by atoms with Crippen molar-refractivity contribution in [1.29, 1.82) is 0 Å². The molecule has 0 saturated heterocycles. The maximum atomic E-state index is 3.17. The molecular formula is C8H18NP. The van der Waals surface area contributed by atoms with Crippen LogP contribution < -0.4 is 5.09 Å². The highest BCUT2D eigenvalue weighted by atomic mass is 31.0. The largest absolute Gasteiger partial charge is 0.300 e. The molecule has 0 bridgehead atoms. The molecule has 1 rings (SSSR count). The highest BCUT2D eigenvalue weighted by molar-refractivity contribution is 7.13. The van der Waals surface area contributed by atoms with Gasteiger partial charge in [0.05, 0.1) is 0 Å². The number of hydrogen-bond donors (Lipinski definition) is 1. The molecule has 1 nitrogen and oxygen atoms in total. The summed E-state index contributed by atoms with van der Waals surface area (Å²) in [5, 5.41) is 3.17. The Bertz CT molecular complexity index is 87.3. The molecule has 0 aromatic heterocycles. The highest BCUT2D eigenvalue weighted by Crippen LogP contribution is 2.27. The third kappa shape index (κ3) is 2.56. The summed E-state index contributed by atoms with van der Waals surface area (Å²) in [6.45, 7) is 3.56. The minimum absolute atomic E-state index is 0.952. The molecule has 1 saturated carbocycles. The van der Waals surface area contributed by atoms with Gasteiger partial charge in [-0.3, -0.25) is 0 Å². The summed E-state index contributed by atoms with van der Waals surface area (Å²) in [4.78, 5) is 0. The van der Waals surface area contributed by atoms with Crippen molar-refractivity contribution in [1.82, 2.24) is 5.09 Å². The normalized spacial score (nSPS) is 34.2. The molecule has 0 aliphatic heterocycles. The molecule has 1 unspecified atom stereocenters. The van der Waals surface area contributed by atoms with E-state index < -0.39 is 0 Å². The second-order valence-electron chi connectivity index (χ2n) is 3.53. The van der Waals surface area contributed by atoms with Crippen molar-refractivity contribution in [2.75, 3.05) is 6.54 Å². The smallest absolute Gasteiger partial charge is 0.00140 e. The summed E-state index contributed by atoms with van der Waals surface area (Å²) in [6.07, 6.45) is 5.75. The summed E-state index contributed by atoms with van der Waals surface area (Å²) in [5.74, 6) is 1.94. The van der Waals surface area contributed by atoms with Gasteiger partial charge in [-0.25, -0.2) is 0 Å². The van der Waals surface area contributed by atoms with E-state index in [4.69, 9.17) is 0 Å². The molecule has 1 atom stereocenters. The van der Waals surface area contributed by atoms with Gasteiger partial charge in [0.2, 0.25) is 0 Å². The second kappa shape index (κ2) is 4.31. The fraction of sp³-hybridized carbons (Fsp3) is 1.00. The fourth-order valence-electron chi connectivity index (χ4n) is 1.70. The summed E-state index contributed by atoms with van der Waals surface area (Å²) in [6, 6.07) is 0. The van der Waals surface area contributed by atoms with E-state index in [1.165, 1.54) is 32.2 Å². The van der Waals surface area contributed by atoms with Crippen LogP contribution in [0.1, 0.15) is 32.6 Å². The van der Waals surface area contributed by atoms with Gasteiger partial charge in [-0.2, -0.15) is 0 Å². The molecule has 0 spiro atoms. The van der Waals surface area contributed by atoms with Gasteiger partial charge in [0.25, 0.3) is 0 Å². The first kappa shape index (κ1) is 8.49. The molecule has 1 aliphatic carbocycles. The summed E-state index contributed by atoms with van der Waals surface area (Å²) >= 11 is 0. The SMILES string of the molecule is CC1CCC(CNP)CC1. The Hall–Kier alpha value is 0.390. The second-order valence-corrected chi connectivity index (χ2v) is 3.94. The van der Waals surface area contributed by atoms with Crippen LogP contribution in [0.5, 0.6) is 0 Å². The first-order chi connectivity index (χ1) is 4.83. The Balaban J connectivity index is 2.13. The van der Waals surface area contributed by atoms with Crippen molar-refractivity contribution in [3.05, 3.63) is 0 Å².